The monoisotopic (exact) mass is 339 g/mol. The van der Waals surface area contributed by atoms with Crippen molar-refractivity contribution < 1.29 is 17.6 Å². The number of hydrogen-bond donors (Lipinski definition) is 1. The van der Waals surface area contributed by atoms with E-state index in [9.17, 15) is 17.6 Å². The minimum Gasteiger partial charge on any atom is -0.320 e. The molecule has 0 heterocycles. The summed E-state index contributed by atoms with van der Waals surface area (Å²) in [4.78, 5) is 0. The van der Waals surface area contributed by atoms with Crippen LogP contribution < -0.4 is 5.73 Å². The molecular weight excluding hydrogens is 329 g/mol. The first-order chi connectivity index (χ1) is 9.29. The number of nitrogens with two attached hydrogens (primary N) is 1. The van der Waals surface area contributed by atoms with Gasteiger partial charge in [-0.2, -0.15) is 13.2 Å². The lowest BCUT2D eigenvalue weighted by Crippen LogP contribution is -2.13. The molecule has 1 nitrogen and oxygen atoms in total. The number of benzene rings is 2. The van der Waals surface area contributed by atoms with Crippen LogP contribution in [0.4, 0.5) is 17.6 Å². The van der Waals surface area contributed by atoms with Gasteiger partial charge in [-0.3, -0.25) is 0 Å². The molecule has 114 valence electrons. The summed E-state index contributed by atoms with van der Waals surface area (Å²) in [6.07, 6.45) is -4.39. The third-order valence-electron chi connectivity index (χ3n) is 2.90. The Morgan fingerprint density at radius 3 is 1.95 bits per heavy atom. The molecule has 0 saturated heterocycles. The molecule has 0 fully saturated rings. The van der Waals surface area contributed by atoms with Crippen LogP contribution in [0.1, 0.15) is 22.7 Å². The first kappa shape index (κ1) is 17.8. The van der Waals surface area contributed by atoms with E-state index in [1.807, 2.05) is 0 Å². The molecule has 2 aromatic rings. The molecule has 0 aromatic heterocycles. The van der Waals surface area contributed by atoms with Crippen molar-refractivity contribution in [1.29, 1.82) is 0 Å². The van der Waals surface area contributed by atoms with Gasteiger partial charge in [0.25, 0.3) is 0 Å². The molecule has 0 aliphatic carbocycles. The molecule has 0 saturated carbocycles. The van der Waals surface area contributed by atoms with Crippen LogP contribution in [-0.4, -0.2) is 0 Å². The molecule has 1 atom stereocenters. The molecule has 2 aromatic carbocycles. The summed E-state index contributed by atoms with van der Waals surface area (Å²) in [6, 6.07) is 7.82. The van der Waals surface area contributed by atoms with Gasteiger partial charge < -0.3 is 5.73 Å². The minimum atomic E-state index is -4.39. The Kier molecular flexibility index (Phi) is 5.61. The Balaban J connectivity index is 0.00000220. The Labute approximate surface area is 130 Å². The van der Waals surface area contributed by atoms with Gasteiger partial charge in [0.1, 0.15) is 5.82 Å². The third kappa shape index (κ3) is 4.09. The second-order valence-corrected chi connectivity index (χ2v) is 4.68. The number of hydrogen-bond acceptors (Lipinski definition) is 1. The fourth-order valence-corrected chi connectivity index (χ4v) is 1.97. The van der Waals surface area contributed by atoms with Crippen LogP contribution in [0.2, 0.25) is 5.02 Å². The van der Waals surface area contributed by atoms with E-state index in [0.717, 1.165) is 12.1 Å². The van der Waals surface area contributed by atoms with Crippen LogP contribution in [-0.2, 0) is 6.18 Å². The van der Waals surface area contributed by atoms with Gasteiger partial charge in [-0.15, -0.1) is 12.4 Å². The van der Waals surface area contributed by atoms with E-state index in [-0.39, 0.29) is 17.4 Å². The van der Waals surface area contributed by atoms with Crippen molar-refractivity contribution in [3.63, 3.8) is 0 Å². The number of rotatable bonds is 2. The molecule has 0 aliphatic heterocycles. The minimum absolute atomic E-state index is 0. The zero-order valence-electron chi connectivity index (χ0n) is 10.5. The Morgan fingerprint density at radius 2 is 1.48 bits per heavy atom. The standard InChI is InChI=1S/C14H10ClF4N.ClH/c15-11-7-9(3-6-12(11)16)13(20)8-1-4-10(5-2-8)14(17,18)19;/h1-7,13H,20H2;1H. The maximum Gasteiger partial charge on any atom is 0.416 e. The normalized spacial score (nSPS) is 12.7. The molecule has 0 radical (unpaired) electrons. The largest absolute Gasteiger partial charge is 0.416 e. The summed E-state index contributed by atoms with van der Waals surface area (Å²) in [5.41, 5.74) is 6.20. The molecular formula is C14H11Cl2F4N. The van der Waals surface area contributed by atoms with Crippen LogP contribution in [0.3, 0.4) is 0 Å². The van der Waals surface area contributed by atoms with E-state index >= 15 is 0 Å². The van der Waals surface area contributed by atoms with Crippen molar-refractivity contribution >= 4 is 24.0 Å². The van der Waals surface area contributed by atoms with E-state index in [2.05, 4.69) is 0 Å². The lowest BCUT2D eigenvalue weighted by Gasteiger charge is -2.14. The fourth-order valence-electron chi connectivity index (χ4n) is 1.78. The molecule has 0 bridgehead atoms. The van der Waals surface area contributed by atoms with Crippen molar-refractivity contribution in [1.82, 2.24) is 0 Å². The summed E-state index contributed by atoms with van der Waals surface area (Å²) < 4.78 is 50.4. The van der Waals surface area contributed by atoms with Gasteiger partial charge >= 0.3 is 6.18 Å². The highest BCUT2D eigenvalue weighted by molar-refractivity contribution is 6.30. The van der Waals surface area contributed by atoms with E-state index in [0.29, 0.717) is 11.1 Å². The van der Waals surface area contributed by atoms with Gasteiger partial charge in [0.05, 0.1) is 16.6 Å². The average molecular weight is 340 g/mol. The first-order valence-corrected chi connectivity index (χ1v) is 6.04. The van der Waals surface area contributed by atoms with Crippen molar-refractivity contribution in [2.24, 2.45) is 5.73 Å². The highest BCUT2D eigenvalue weighted by atomic mass is 35.5. The van der Waals surface area contributed by atoms with Gasteiger partial charge in [-0.05, 0) is 35.4 Å². The van der Waals surface area contributed by atoms with Crippen LogP contribution in [0.5, 0.6) is 0 Å². The predicted molar refractivity (Wildman–Crippen MR) is 76.1 cm³/mol. The number of alkyl halides is 3. The highest BCUT2D eigenvalue weighted by Crippen LogP contribution is 2.31. The van der Waals surface area contributed by atoms with Crippen molar-refractivity contribution in [2.75, 3.05) is 0 Å². The summed E-state index contributed by atoms with van der Waals surface area (Å²) in [7, 11) is 0. The summed E-state index contributed by atoms with van der Waals surface area (Å²) >= 11 is 5.65. The van der Waals surface area contributed by atoms with Gasteiger partial charge in [0, 0.05) is 0 Å². The van der Waals surface area contributed by atoms with E-state index in [1.165, 1.54) is 30.3 Å². The summed E-state index contributed by atoms with van der Waals surface area (Å²) in [6.45, 7) is 0. The topological polar surface area (TPSA) is 26.0 Å². The van der Waals surface area contributed by atoms with Crippen molar-refractivity contribution in [3.8, 4) is 0 Å². The van der Waals surface area contributed by atoms with Gasteiger partial charge in [-0.25, -0.2) is 4.39 Å². The van der Waals surface area contributed by atoms with Crippen LogP contribution in [0.25, 0.3) is 0 Å². The van der Waals surface area contributed by atoms with Gasteiger partial charge in [-0.1, -0.05) is 29.8 Å². The highest BCUT2D eigenvalue weighted by Gasteiger charge is 2.30. The second kappa shape index (κ2) is 6.64. The second-order valence-electron chi connectivity index (χ2n) is 4.27. The Morgan fingerprint density at radius 1 is 0.952 bits per heavy atom. The van der Waals surface area contributed by atoms with Crippen molar-refractivity contribution in [3.05, 3.63) is 70.0 Å². The maximum atomic E-state index is 13.1. The third-order valence-corrected chi connectivity index (χ3v) is 3.19. The molecule has 1 unspecified atom stereocenters. The first-order valence-electron chi connectivity index (χ1n) is 5.66. The molecule has 0 amide bonds. The van der Waals surface area contributed by atoms with Crippen LogP contribution in [0, 0.1) is 5.82 Å². The van der Waals surface area contributed by atoms with E-state index in [4.69, 9.17) is 17.3 Å². The lowest BCUT2D eigenvalue weighted by molar-refractivity contribution is -0.137. The van der Waals surface area contributed by atoms with E-state index in [1.54, 1.807) is 0 Å². The van der Waals surface area contributed by atoms with Gasteiger partial charge in [0.2, 0.25) is 0 Å². The maximum absolute atomic E-state index is 13.1. The molecule has 2 N–H and O–H groups in total. The summed E-state index contributed by atoms with van der Waals surface area (Å²) in [5.74, 6) is -0.574. The smallest absolute Gasteiger partial charge is 0.320 e. The fraction of sp³-hybridized carbons (Fsp3) is 0.143. The quantitative estimate of drug-likeness (QED) is 0.768. The van der Waals surface area contributed by atoms with Crippen LogP contribution in [0.15, 0.2) is 42.5 Å². The molecule has 0 spiro atoms. The predicted octanol–water partition coefficient (Wildman–Crippen LogP) is 4.97. The Bertz CT molecular complexity index is 611. The zero-order chi connectivity index (χ0) is 14.9. The summed E-state index contributed by atoms with van der Waals surface area (Å²) in [5, 5.41) is -0.0788. The molecule has 2 rings (SSSR count). The zero-order valence-corrected chi connectivity index (χ0v) is 12.1. The molecule has 0 aliphatic rings. The van der Waals surface area contributed by atoms with Crippen molar-refractivity contribution in [2.45, 2.75) is 12.2 Å². The average Bonchev–Trinajstić information content (AvgIpc) is 2.40. The number of halogens is 6. The molecule has 7 heteroatoms. The van der Waals surface area contributed by atoms with E-state index < -0.39 is 23.6 Å². The van der Waals surface area contributed by atoms with Crippen LogP contribution >= 0.6 is 24.0 Å². The SMILES string of the molecule is Cl.NC(c1ccc(C(F)(F)F)cc1)c1ccc(F)c(Cl)c1. The van der Waals surface area contributed by atoms with Gasteiger partial charge in [0.15, 0.2) is 0 Å². The molecule has 21 heavy (non-hydrogen) atoms. The Hall–Kier alpha value is -1.30. The lowest BCUT2D eigenvalue weighted by atomic mass is 9.98.